The second-order valence-electron chi connectivity index (χ2n) is 12.1. The van der Waals surface area contributed by atoms with Gasteiger partial charge in [0.2, 0.25) is 6.29 Å². The van der Waals surface area contributed by atoms with E-state index in [1.54, 1.807) is 6.08 Å². The number of rotatable bonds is 12. The Hall–Kier alpha value is -1.39. The van der Waals surface area contributed by atoms with Crippen molar-refractivity contribution in [3.05, 3.63) is 11.8 Å². The normalized spacial score (nSPS) is 43.2. The molecule has 2 heterocycles. The first-order valence-corrected chi connectivity index (χ1v) is 14.4. The number of ketones is 1. The van der Waals surface area contributed by atoms with Crippen molar-refractivity contribution in [3.63, 3.8) is 0 Å². The van der Waals surface area contributed by atoms with Crippen molar-refractivity contribution < 1.29 is 54.4 Å². The molecule has 0 spiro atoms. The molecule has 2 aliphatic heterocycles. The van der Waals surface area contributed by atoms with Gasteiger partial charge in [-0.05, 0) is 52.8 Å². The maximum atomic E-state index is 13.5. The summed E-state index contributed by atoms with van der Waals surface area (Å²) in [5.41, 5.74) is 27.2. The number of aliphatic hydroxyl groups excluding tert-OH is 5. The van der Waals surface area contributed by atoms with Gasteiger partial charge < -0.3 is 83.6 Å². The second kappa shape index (κ2) is 14.4. The number of hydrogen-bond acceptors (Lipinski definition) is 17. The zero-order valence-electron chi connectivity index (χ0n) is 24.7. The van der Waals surface area contributed by atoms with E-state index in [2.05, 4.69) is 5.32 Å². The van der Waals surface area contributed by atoms with Crippen molar-refractivity contribution in [1.82, 2.24) is 5.32 Å². The van der Waals surface area contributed by atoms with Crippen molar-refractivity contribution in [2.75, 3.05) is 20.2 Å². The Labute approximate surface area is 250 Å². The fourth-order valence-corrected chi connectivity index (χ4v) is 5.89. The zero-order valence-corrected chi connectivity index (χ0v) is 24.7. The van der Waals surface area contributed by atoms with Crippen LogP contribution in [0.25, 0.3) is 0 Å². The van der Waals surface area contributed by atoms with Crippen LogP contribution in [0.1, 0.15) is 33.1 Å². The number of carbonyl (C=O) groups is 1. The molecule has 0 aromatic rings. The molecule has 17 nitrogen and oxygen atoms in total. The van der Waals surface area contributed by atoms with Crippen LogP contribution in [0.5, 0.6) is 0 Å². The number of likely N-dealkylation sites (N-methyl/N-ethyl adjacent to an activating group) is 1. The minimum Gasteiger partial charge on any atom is -0.466 e. The summed E-state index contributed by atoms with van der Waals surface area (Å²) >= 11 is 0. The molecule has 0 aromatic carbocycles. The van der Waals surface area contributed by atoms with Gasteiger partial charge in [0, 0.05) is 6.04 Å². The lowest BCUT2D eigenvalue weighted by atomic mass is 9.70. The van der Waals surface area contributed by atoms with E-state index >= 15 is 0 Å². The lowest BCUT2D eigenvalue weighted by Gasteiger charge is -2.52. The van der Waals surface area contributed by atoms with Gasteiger partial charge in [-0.3, -0.25) is 4.79 Å². The molecule has 0 amide bonds. The molecule has 1 saturated heterocycles. The average molecular weight is 623 g/mol. The van der Waals surface area contributed by atoms with E-state index in [4.69, 9.17) is 47.6 Å². The molecule has 17 N–H and O–H groups in total. The highest BCUT2D eigenvalue weighted by atomic mass is 16.7. The largest absolute Gasteiger partial charge is 0.466 e. The summed E-state index contributed by atoms with van der Waals surface area (Å²) in [7, 11) is 1.52. The van der Waals surface area contributed by atoms with Gasteiger partial charge in [0.1, 0.15) is 53.5 Å². The van der Waals surface area contributed by atoms with Gasteiger partial charge in [-0.25, -0.2) is 0 Å². The maximum absolute atomic E-state index is 13.5. The van der Waals surface area contributed by atoms with Crippen LogP contribution in [0.4, 0.5) is 0 Å². The summed E-state index contributed by atoms with van der Waals surface area (Å²) in [4.78, 5) is 13.5. The fraction of sp³-hybridized carbons (Fsp3) is 0.885. The number of nitrogens with one attached hydrogen (secondary N) is 1. The molecule has 0 radical (unpaired) electrons. The van der Waals surface area contributed by atoms with Crippen LogP contribution < -0.4 is 34.0 Å². The van der Waals surface area contributed by atoms with Gasteiger partial charge in [-0.15, -0.1) is 0 Å². The van der Waals surface area contributed by atoms with Crippen LogP contribution >= 0.6 is 0 Å². The van der Waals surface area contributed by atoms with E-state index in [1.165, 1.54) is 20.9 Å². The van der Waals surface area contributed by atoms with Gasteiger partial charge in [-0.2, -0.15) is 0 Å². The molecule has 15 atom stereocenters. The summed E-state index contributed by atoms with van der Waals surface area (Å²) in [5.74, 6) is -0.795. The van der Waals surface area contributed by atoms with Crippen LogP contribution in [0.15, 0.2) is 11.8 Å². The van der Waals surface area contributed by atoms with Gasteiger partial charge in [0.15, 0.2) is 12.1 Å². The quantitative estimate of drug-likeness (QED) is 0.0963. The smallest absolute Gasteiger partial charge is 0.215 e. The summed E-state index contributed by atoms with van der Waals surface area (Å²) in [6.07, 6.45) is -11.7. The van der Waals surface area contributed by atoms with Crippen molar-refractivity contribution >= 4 is 5.78 Å². The first-order valence-electron chi connectivity index (χ1n) is 14.4. The number of Topliss-reactive ketones (excluding diaryl/α,β-unsaturated/α-hetero) is 1. The molecule has 3 rings (SSSR count). The van der Waals surface area contributed by atoms with Crippen molar-refractivity contribution in [1.29, 1.82) is 0 Å². The summed E-state index contributed by atoms with van der Waals surface area (Å²) in [6.45, 7) is 2.51. The van der Waals surface area contributed by atoms with E-state index in [0.717, 1.165) is 0 Å². The van der Waals surface area contributed by atoms with Crippen molar-refractivity contribution in [3.8, 4) is 0 Å². The first kappa shape index (κ1) is 36.1. The Bertz CT molecular complexity index is 976. The minimum absolute atomic E-state index is 0.0309. The van der Waals surface area contributed by atoms with Crippen LogP contribution in [-0.2, 0) is 23.7 Å². The molecule has 17 heteroatoms. The molecule has 1 saturated carbocycles. The number of nitrogens with two attached hydrogens (primary N) is 5. The molecule has 250 valence electrons. The highest BCUT2D eigenvalue weighted by molar-refractivity contribution is 5.93. The molecule has 0 aromatic heterocycles. The zero-order chi connectivity index (χ0) is 32.4. The van der Waals surface area contributed by atoms with Crippen LogP contribution in [0, 0.1) is 0 Å². The predicted molar refractivity (Wildman–Crippen MR) is 150 cm³/mol. The molecular weight excluding hydrogens is 572 g/mol. The predicted octanol–water partition coefficient (Wildman–Crippen LogP) is -6.09. The minimum atomic E-state index is -2.09. The van der Waals surface area contributed by atoms with Crippen LogP contribution in [0.2, 0.25) is 0 Å². The Morgan fingerprint density at radius 3 is 2.40 bits per heavy atom. The van der Waals surface area contributed by atoms with E-state index in [1.807, 2.05) is 0 Å². The van der Waals surface area contributed by atoms with Gasteiger partial charge in [-0.1, -0.05) is 0 Å². The number of hydrogen-bond donors (Lipinski definition) is 12. The average Bonchev–Trinajstić information content (AvgIpc) is 2.94. The van der Waals surface area contributed by atoms with Crippen molar-refractivity contribution in [2.45, 2.75) is 124 Å². The Kier molecular flexibility index (Phi) is 12.0. The van der Waals surface area contributed by atoms with E-state index in [0.29, 0.717) is 0 Å². The third-order valence-corrected chi connectivity index (χ3v) is 8.45. The molecule has 2 fully saturated rings. The Morgan fingerprint density at radius 2 is 1.81 bits per heavy atom. The molecular formula is C26H50N6O11. The Morgan fingerprint density at radius 1 is 1.16 bits per heavy atom. The van der Waals surface area contributed by atoms with E-state index in [-0.39, 0.29) is 38.2 Å². The summed E-state index contributed by atoms with van der Waals surface area (Å²) in [5, 5.41) is 66.5. The van der Waals surface area contributed by atoms with Crippen LogP contribution in [0.3, 0.4) is 0 Å². The highest BCUT2D eigenvalue weighted by Crippen LogP contribution is 2.37. The van der Waals surface area contributed by atoms with Crippen LogP contribution in [-0.4, -0.2) is 147 Å². The highest BCUT2D eigenvalue weighted by Gasteiger charge is 2.59. The van der Waals surface area contributed by atoms with Crippen molar-refractivity contribution in [2.24, 2.45) is 28.7 Å². The molecule has 0 bridgehead atoms. The third kappa shape index (κ3) is 7.54. The van der Waals surface area contributed by atoms with E-state index in [9.17, 15) is 35.4 Å². The molecule has 43 heavy (non-hydrogen) atoms. The molecule has 3 unspecified atom stereocenters. The van der Waals surface area contributed by atoms with Gasteiger partial charge in [0.25, 0.3) is 0 Å². The van der Waals surface area contributed by atoms with E-state index < -0.39 is 96.4 Å². The SMILES string of the molecule is CN[C@@H]1[C@@H](O)[C@@H](O[C@@H]2[C@@H](O)[C@H](O[C@H]3OC(C(N)C(O)C(C)O)=CC[C@H]3N)[C@@H](N)C[C@]2(N)C(=O)[C@@H](O)CCN)OC[C@]1(C)O. The molecule has 3 aliphatic rings. The second-order valence-corrected chi connectivity index (χ2v) is 12.1. The Balaban J connectivity index is 1.90. The number of ether oxygens (including phenoxy) is 4. The standard InChI is InChI=1S/C26H50N6O11/c1-10(33)16(35)15(30)14-5-4-11(28)23(41-14)42-19-12(29)8-26(31,21(38)13(34)6-7-27)22(17(19)36)43-24-18(37)20(32-3)25(2,39)9-40-24/h5,10-13,15-20,22-24,32-37,39H,4,6-9,27-31H2,1-3H3/t10?,11-,12+,13+,15?,16?,17+,18-,19-,20-,22-,23-,24-,25+,26+/m1/s1. The topological polar surface area (TPSA) is 318 Å². The number of aliphatic hydroxyl groups is 6. The lowest BCUT2D eigenvalue weighted by molar-refractivity contribution is -0.308. The lowest BCUT2D eigenvalue weighted by Crippen LogP contribution is -2.75. The van der Waals surface area contributed by atoms with Gasteiger partial charge in [0.05, 0.1) is 30.8 Å². The maximum Gasteiger partial charge on any atom is 0.215 e. The summed E-state index contributed by atoms with van der Waals surface area (Å²) in [6, 6.07) is -3.91. The first-order chi connectivity index (χ1) is 20.0. The summed E-state index contributed by atoms with van der Waals surface area (Å²) < 4.78 is 23.4. The van der Waals surface area contributed by atoms with Gasteiger partial charge >= 0.3 is 0 Å². The third-order valence-electron chi connectivity index (χ3n) is 8.45. The fourth-order valence-electron chi connectivity index (χ4n) is 5.89. The number of carbonyl (C=O) groups excluding carboxylic acids is 1. The molecule has 1 aliphatic carbocycles. The monoisotopic (exact) mass is 622 g/mol.